The van der Waals surface area contributed by atoms with Crippen LogP contribution in [0.4, 0.5) is 0 Å². The lowest BCUT2D eigenvalue weighted by molar-refractivity contribution is -0.131. The minimum Gasteiger partial charge on any atom is -0.478 e. The molecule has 1 fully saturated rings. The Morgan fingerprint density at radius 1 is 1.71 bits per heavy atom. The van der Waals surface area contributed by atoms with Crippen molar-refractivity contribution in [1.82, 2.24) is 4.90 Å². The Labute approximate surface area is 84.2 Å². The maximum Gasteiger partial charge on any atom is 0.328 e. The quantitative estimate of drug-likeness (QED) is 0.681. The second kappa shape index (κ2) is 5.12. The van der Waals surface area contributed by atoms with E-state index in [-0.39, 0.29) is 0 Å². The number of rotatable bonds is 3. The second-order valence-electron chi connectivity index (χ2n) is 3.72. The number of hydrogen-bond acceptors (Lipinski definition) is 3. The maximum atomic E-state index is 10.4. The molecule has 1 heterocycles. The van der Waals surface area contributed by atoms with E-state index in [1.54, 1.807) is 0 Å². The molecule has 0 amide bonds. The van der Waals surface area contributed by atoms with Crippen LogP contribution in [0, 0.1) is 0 Å². The minimum absolute atomic E-state index is 0.376. The molecule has 1 atom stereocenters. The Hall–Kier alpha value is -0.870. The van der Waals surface area contributed by atoms with E-state index in [2.05, 4.69) is 11.8 Å². The standard InChI is InChI=1S/C10H17NO3/c1-8(5-10(12)13)6-11-3-4-14-7-9(11)2/h5,9H,3-4,6-7H2,1-2H3,(H,12,13). The van der Waals surface area contributed by atoms with Gasteiger partial charge < -0.3 is 9.84 Å². The third-order valence-electron chi connectivity index (χ3n) is 2.33. The molecule has 1 rings (SSSR count). The number of aliphatic carboxylic acids is 1. The summed E-state index contributed by atoms with van der Waals surface area (Å²) < 4.78 is 5.30. The highest BCUT2D eigenvalue weighted by atomic mass is 16.5. The highest BCUT2D eigenvalue weighted by Gasteiger charge is 2.18. The first-order valence-corrected chi connectivity index (χ1v) is 4.81. The molecule has 1 N–H and O–H groups in total. The molecular weight excluding hydrogens is 182 g/mol. The van der Waals surface area contributed by atoms with Gasteiger partial charge in [-0.05, 0) is 13.8 Å². The van der Waals surface area contributed by atoms with Crippen molar-refractivity contribution in [3.63, 3.8) is 0 Å². The molecule has 0 aromatic carbocycles. The molecule has 0 spiro atoms. The third kappa shape index (κ3) is 3.47. The average Bonchev–Trinajstić information content (AvgIpc) is 2.07. The molecule has 0 radical (unpaired) electrons. The molecule has 0 bridgehead atoms. The molecule has 1 unspecified atom stereocenters. The predicted octanol–water partition coefficient (Wildman–Crippen LogP) is 0.738. The Bertz CT molecular complexity index is 238. The zero-order valence-electron chi connectivity index (χ0n) is 8.69. The van der Waals surface area contributed by atoms with Gasteiger partial charge in [-0.15, -0.1) is 0 Å². The molecule has 4 heteroatoms. The number of carboxylic acid groups (broad SMARTS) is 1. The molecular formula is C10H17NO3. The maximum absolute atomic E-state index is 10.4. The fourth-order valence-electron chi connectivity index (χ4n) is 1.57. The van der Waals surface area contributed by atoms with E-state index in [1.807, 2.05) is 6.92 Å². The van der Waals surface area contributed by atoms with Crippen LogP contribution < -0.4 is 0 Å². The molecule has 1 aliphatic rings. The van der Waals surface area contributed by atoms with Crippen LogP contribution in [0.5, 0.6) is 0 Å². The van der Waals surface area contributed by atoms with Crippen molar-refractivity contribution in [2.45, 2.75) is 19.9 Å². The van der Waals surface area contributed by atoms with Crippen LogP contribution in [-0.4, -0.2) is 48.3 Å². The summed E-state index contributed by atoms with van der Waals surface area (Å²) in [6.07, 6.45) is 1.27. The lowest BCUT2D eigenvalue weighted by Crippen LogP contribution is -2.44. The number of carboxylic acids is 1. The van der Waals surface area contributed by atoms with Gasteiger partial charge in [-0.1, -0.05) is 5.57 Å². The van der Waals surface area contributed by atoms with E-state index in [4.69, 9.17) is 9.84 Å². The first kappa shape index (κ1) is 11.2. The monoisotopic (exact) mass is 199 g/mol. The largest absolute Gasteiger partial charge is 0.478 e. The number of morpholine rings is 1. The Kier molecular flexibility index (Phi) is 4.10. The summed E-state index contributed by atoms with van der Waals surface area (Å²) in [6, 6.07) is 0.376. The van der Waals surface area contributed by atoms with Crippen molar-refractivity contribution < 1.29 is 14.6 Å². The molecule has 0 saturated carbocycles. The molecule has 1 saturated heterocycles. The predicted molar refractivity (Wildman–Crippen MR) is 53.2 cm³/mol. The molecule has 80 valence electrons. The van der Waals surface area contributed by atoms with Gasteiger partial charge in [0, 0.05) is 25.2 Å². The molecule has 0 aliphatic carbocycles. The van der Waals surface area contributed by atoms with Gasteiger partial charge in [0.1, 0.15) is 0 Å². The van der Waals surface area contributed by atoms with Gasteiger partial charge >= 0.3 is 5.97 Å². The van der Waals surface area contributed by atoms with E-state index in [0.717, 1.165) is 31.9 Å². The SMILES string of the molecule is CC(=CC(=O)O)CN1CCOCC1C. The van der Waals surface area contributed by atoms with Crippen LogP contribution in [0.25, 0.3) is 0 Å². The summed E-state index contributed by atoms with van der Waals surface area (Å²) in [5.41, 5.74) is 0.881. The van der Waals surface area contributed by atoms with Gasteiger partial charge in [-0.3, -0.25) is 4.90 Å². The lowest BCUT2D eigenvalue weighted by atomic mass is 10.2. The van der Waals surface area contributed by atoms with Crippen molar-refractivity contribution in [1.29, 1.82) is 0 Å². The summed E-state index contributed by atoms with van der Waals surface area (Å²) in [5, 5.41) is 8.56. The van der Waals surface area contributed by atoms with Crippen molar-refractivity contribution in [2.24, 2.45) is 0 Å². The number of ether oxygens (including phenoxy) is 1. The Balaban J connectivity index is 2.45. The number of nitrogens with zero attached hydrogens (tertiary/aromatic N) is 1. The van der Waals surface area contributed by atoms with Crippen LogP contribution in [0.1, 0.15) is 13.8 Å². The normalized spacial score (nSPS) is 25.0. The van der Waals surface area contributed by atoms with Gasteiger partial charge in [0.25, 0.3) is 0 Å². The van der Waals surface area contributed by atoms with Crippen LogP contribution in [-0.2, 0) is 9.53 Å². The summed E-state index contributed by atoms with van der Waals surface area (Å²) in [5.74, 6) is -0.872. The van der Waals surface area contributed by atoms with Crippen molar-refractivity contribution >= 4 is 5.97 Å². The first-order valence-electron chi connectivity index (χ1n) is 4.81. The number of carbonyl (C=O) groups is 1. The summed E-state index contributed by atoms with van der Waals surface area (Å²) in [6.45, 7) is 7.01. The fourth-order valence-corrected chi connectivity index (χ4v) is 1.57. The fraction of sp³-hybridized carbons (Fsp3) is 0.700. The van der Waals surface area contributed by atoms with E-state index >= 15 is 0 Å². The van der Waals surface area contributed by atoms with Crippen LogP contribution in [0.15, 0.2) is 11.6 Å². The third-order valence-corrected chi connectivity index (χ3v) is 2.33. The van der Waals surface area contributed by atoms with Crippen molar-refractivity contribution in [3.8, 4) is 0 Å². The van der Waals surface area contributed by atoms with Crippen molar-refractivity contribution in [2.75, 3.05) is 26.3 Å². The molecule has 0 aromatic heterocycles. The van der Waals surface area contributed by atoms with Crippen molar-refractivity contribution in [3.05, 3.63) is 11.6 Å². The Morgan fingerprint density at radius 2 is 2.43 bits per heavy atom. The van der Waals surface area contributed by atoms with E-state index < -0.39 is 5.97 Å². The molecule has 0 aromatic rings. The van der Waals surface area contributed by atoms with Gasteiger partial charge in [0.15, 0.2) is 0 Å². The smallest absolute Gasteiger partial charge is 0.328 e. The van der Waals surface area contributed by atoms with Gasteiger partial charge in [-0.25, -0.2) is 4.79 Å². The summed E-state index contributed by atoms with van der Waals surface area (Å²) in [4.78, 5) is 12.6. The topological polar surface area (TPSA) is 49.8 Å². The van der Waals surface area contributed by atoms with Crippen LogP contribution in [0.3, 0.4) is 0 Å². The first-order chi connectivity index (χ1) is 6.59. The van der Waals surface area contributed by atoms with Crippen LogP contribution >= 0.6 is 0 Å². The molecule has 1 aliphatic heterocycles. The van der Waals surface area contributed by atoms with Gasteiger partial charge in [-0.2, -0.15) is 0 Å². The van der Waals surface area contributed by atoms with Gasteiger partial charge in [0.2, 0.25) is 0 Å². The van der Waals surface area contributed by atoms with E-state index in [9.17, 15) is 4.79 Å². The van der Waals surface area contributed by atoms with E-state index in [1.165, 1.54) is 6.08 Å². The highest BCUT2D eigenvalue weighted by Crippen LogP contribution is 2.08. The van der Waals surface area contributed by atoms with E-state index in [0.29, 0.717) is 6.04 Å². The summed E-state index contributed by atoms with van der Waals surface area (Å²) in [7, 11) is 0. The summed E-state index contributed by atoms with van der Waals surface area (Å²) >= 11 is 0. The zero-order valence-corrected chi connectivity index (χ0v) is 8.69. The van der Waals surface area contributed by atoms with Gasteiger partial charge in [0.05, 0.1) is 13.2 Å². The molecule has 4 nitrogen and oxygen atoms in total. The average molecular weight is 199 g/mol. The minimum atomic E-state index is -0.872. The lowest BCUT2D eigenvalue weighted by Gasteiger charge is -2.33. The second-order valence-corrected chi connectivity index (χ2v) is 3.72. The van der Waals surface area contributed by atoms with Crippen LogP contribution in [0.2, 0.25) is 0 Å². The number of hydrogen-bond donors (Lipinski definition) is 1. The highest BCUT2D eigenvalue weighted by molar-refractivity contribution is 5.80. The zero-order chi connectivity index (χ0) is 10.6. The Morgan fingerprint density at radius 3 is 3.00 bits per heavy atom. The molecule has 14 heavy (non-hydrogen) atoms.